The summed E-state index contributed by atoms with van der Waals surface area (Å²) in [6.07, 6.45) is 6.50. The van der Waals surface area contributed by atoms with Crippen LogP contribution in [0, 0.1) is 11.3 Å². The maximum absolute atomic E-state index is 9.75. The van der Waals surface area contributed by atoms with E-state index in [2.05, 4.69) is 18.9 Å². The van der Waals surface area contributed by atoms with Crippen LogP contribution in [0.3, 0.4) is 0 Å². The Bertz CT molecular complexity index is 339. The van der Waals surface area contributed by atoms with Crippen LogP contribution in [0.15, 0.2) is 22.8 Å². The van der Waals surface area contributed by atoms with Crippen molar-refractivity contribution in [2.75, 3.05) is 20.2 Å². The summed E-state index contributed by atoms with van der Waals surface area (Å²) < 4.78 is 5.37. The fourth-order valence-electron chi connectivity index (χ4n) is 3.04. The van der Waals surface area contributed by atoms with Crippen LogP contribution in [0.2, 0.25) is 0 Å². The van der Waals surface area contributed by atoms with Crippen molar-refractivity contribution < 1.29 is 9.52 Å². The van der Waals surface area contributed by atoms with Gasteiger partial charge in [-0.2, -0.15) is 0 Å². The van der Waals surface area contributed by atoms with Gasteiger partial charge in [0.25, 0.3) is 0 Å². The molecule has 1 heterocycles. The van der Waals surface area contributed by atoms with Gasteiger partial charge in [0.05, 0.1) is 12.8 Å². The molecule has 2 rings (SSSR count). The Hall–Kier alpha value is -0.800. The van der Waals surface area contributed by atoms with E-state index in [1.807, 2.05) is 12.1 Å². The number of nitrogens with zero attached hydrogens (tertiary/aromatic N) is 1. The van der Waals surface area contributed by atoms with Crippen molar-refractivity contribution >= 4 is 0 Å². The molecule has 3 heteroatoms. The molecule has 1 aromatic rings. The van der Waals surface area contributed by atoms with Crippen LogP contribution in [0.4, 0.5) is 0 Å². The van der Waals surface area contributed by atoms with Gasteiger partial charge in [0.2, 0.25) is 0 Å². The normalized spacial score (nSPS) is 28.8. The van der Waals surface area contributed by atoms with Gasteiger partial charge in [-0.3, -0.25) is 4.90 Å². The average molecular weight is 251 g/mol. The highest BCUT2D eigenvalue weighted by molar-refractivity contribution is 4.98. The lowest BCUT2D eigenvalue weighted by atomic mass is 9.71. The van der Waals surface area contributed by atoms with Crippen LogP contribution in [0.5, 0.6) is 0 Å². The molecule has 1 aromatic heterocycles. The highest BCUT2D eigenvalue weighted by Gasteiger charge is 2.34. The van der Waals surface area contributed by atoms with Crippen LogP contribution in [0.25, 0.3) is 0 Å². The molecule has 0 unspecified atom stereocenters. The van der Waals surface area contributed by atoms with E-state index in [0.717, 1.165) is 37.6 Å². The first-order chi connectivity index (χ1) is 8.63. The van der Waals surface area contributed by atoms with Crippen LogP contribution in [-0.2, 0) is 6.54 Å². The van der Waals surface area contributed by atoms with E-state index in [9.17, 15) is 5.11 Å². The second-order valence-electron chi connectivity index (χ2n) is 6.09. The first-order valence-corrected chi connectivity index (χ1v) is 6.95. The van der Waals surface area contributed by atoms with Crippen molar-refractivity contribution in [3.8, 4) is 0 Å². The highest BCUT2D eigenvalue weighted by atomic mass is 16.3. The summed E-state index contributed by atoms with van der Waals surface area (Å²) in [7, 11) is 2.11. The van der Waals surface area contributed by atoms with E-state index in [1.165, 1.54) is 12.8 Å². The fraction of sp³-hybridized carbons (Fsp3) is 0.733. The number of aliphatic hydroxyl groups is 1. The Morgan fingerprint density at radius 1 is 1.44 bits per heavy atom. The molecule has 0 radical (unpaired) electrons. The number of furan rings is 1. The number of aliphatic hydroxyl groups excluding tert-OH is 1. The van der Waals surface area contributed by atoms with Gasteiger partial charge < -0.3 is 9.52 Å². The quantitative estimate of drug-likeness (QED) is 0.874. The molecule has 0 aliphatic heterocycles. The van der Waals surface area contributed by atoms with Crippen molar-refractivity contribution in [1.29, 1.82) is 0 Å². The number of hydrogen-bond donors (Lipinski definition) is 1. The molecule has 0 amide bonds. The zero-order valence-electron chi connectivity index (χ0n) is 11.6. The standard InChI is InChI=1S/C15H25NO2/c1-13-5-7-15(12-17,8-6-13)11-16(2)10-14-4-3-9-18-14/h3-4,9,13,17H,5-8,10-12H2,1-2H3. The molecule has 1 aliphatic rings. The SMILES string of the molecule is CC1CCC(CO)(CN(C)Cc2ccco2)CC1. The maximum atomic E-state index is 9.75. The minimum absolute atomic E-state index is 0.105. The van der Waals surface area contributed by atoms with Crippen LogP contribution in [-0.4, -0.2) is 30.2 Å². The molecule has 1 N–H and O–H groups in total. The van der Waals surface area contributed by atoms with E-state index in [0.29, 0.717) is 6.61 Å². The van der Waals surface area contributed by atoms with E-state index in [-0.39, 0.29) is 5.41 Å². The Balaban J connectivity index is 1.89. The molecule has 0 bridgehead atoms. The van der Waals surface area contributed by atoms with Gasteiger partial charge in [0.15, 0.2) is 0 Å². The lowest BCUT2D eigenvalue weighted by Gasteiger charge is -2.40. The molecule has 1 aliphatic carbocycles. The minimum Gasteiger partial charge on any atom is -0.468 e. The fourth-order valence-corrected chi connectivity index (χ4v) is 3.04. The summed E-state index contributed by atoms with van der Waals surface area (Å²) in [6, 6.07) is 3.93. The second-order valence-corrected chi connectivity index (χ2v) is 6.09. The molecule has 0 aromatic carbocycles. The third kappa shape index (κ3) is 3.36. The van der Waals surface area contributed by atoms with Gasteiger partial charge in [0.1, 0.15) is 5.76 Å². The molecule has 18 heavy (non-hydrogen) atoms. The molecule has 1 saturated carbocycles. The molecule has 0 spiro atoms. The molecule has 1 fully saturated rings. The van der Waals surface area contributed by atoms with Crippen LogP contribution >= 0.6 is 0 Å². The summed E-state index contributed by atoms with van der Waals surface area (Å²) >= 11 is 0. The van der Waals surface area contributed by atoms with Crippen molar-refractivity contribution in [2.24, 2.45) is 11.3 Å². The Labute approximate surface area is 110 Å². The summed E-state index contributed by atoms with van der Waals surface area (Å²) in [5.74, 6) is 1.81. The zero-order valence-corrected chi connectivity index (χ0v) is 11.6. The van der Waals surface area contributed by atoms with Gasteiger partial charge in [-0.25, -0.2) is 0 Å². The van der Waals surface area contributed by atoms with E-state index in [4.69, 9.17) is 4.42 Å². The predicted molar refractivity (Wildman–Crippen MR) is 72.2 cm³/mol. The number of rotatable bonds is 5. The van der Waals surface area contributed by atoms with Gasteiger partial charge in [0, 0.05) is 18.6 Å². The van der Waals surface area contributed by atoms with Crippen molar-refractivity contribution in [2.45, 2.75) is 39.2 Å². The summed E-state index contributed by atoms with van der Waals surface area (Å²) in [6.45, 7) is 4.40. The number of hydrogen-bond acceptors (Lipinski definition) is 3. The molecular weight excluding hydrogens is 226 g/mol. The maximum Gasteiger partial charge on any atom is 0.117 e. The summed E-state index contributed by atoms with van der Waals surface area (Å²) in [5, 5.41) is 9.75. The highest BCUT2D eigenvalue weighted by Crippen LogP contribution is 2.39. The summed E-state index contributed by atoms with van der Waals surface area (Å²) in [5.41, 5.74) is 0.105. The first-order valence-electron chi connectivity index (χ1n) is 6.95. The zero-order chi connectivity index (χ0) is 13.0. The molecular formula is C15H25NO2. The van der Waals surface area contributed by atoms with E-state index >= 15 is 0 Å². The Morgan fingerprint density at radius 2 is 2.17 bits per heavy atom. The van der Waals surface area contributed by atoms with E-state index in [1.54, 1.807) is 6.26 Å². The molecule has 0 saturated heterocycles. The lowest BCUT2D eigenvalue weighted by molar-refractivity contribution is 0.0331. The topological polar surface area (TPSA) is 36.6 Å². The third-order valence-electron chi connectivity index (χ3n) is 4.28. The monoisotopic (exact) mass is 251 g/mol. The molecule has 3 nitrogen and oxygen atoms in total. The molecule has 102 valence electrons. The Morgan fingerprint density at radius 3 is 2.72 bits per heavy atom. The average Bonchev–Trinajstić information content (AvgIpc) is 2.85. The van der Waals surface area contributed by atoms with Crippen molar-refractivity contribution in [3.05, 3.63) is 24.2 Å². The van der Waals surface area contributed by atoms with Crippen LogP contribution in [0.1, 0.15) is 38.4 Å². The van der Waals surface area contributed by atoms with Gasteiger partial charge >= 0.3 is 0 Å². The van der Waals surface area contributed by atoms with Gasteiger partial charge in [-0.15, -0.1) is 0 Å². The van der Waals surface area contributed by atoms with Crippen LogP contribution < -0.4 is 0 Å². The first kappa shape index (κ1) is 13.6. The van der Waals surface area contributed by atoms with Gasteiger partial charge in [-0.05, 0) is 37.9 Å². The minimum atomic E-state index is 0.105. The third-order valence-corrected chi connectivity index (χ3v) is 4.28. The van der Waals surface area contributed by atoms with Crippen molar-refractivity contribution in [1.82, 2.24) is 4.90 Å². The molecule has 0 atom stereocenters. The van der Waals surface area contributed by atoms with Crippen molar-refractivity contribution in [3.63, 3.8) is 0 Å². The smallest absolute Gasteiger partial charge is 0.117 e. The van der Waals surface area contributed by atoms with E-state index < -0.39 is 0 Å². The Kier molecular flexibility index (Phi) is 4.46. The van der Waals surface area contributed by atoms with Gasteiger partial charge in [-0.1, -0.05) is 19.8 Å². The second kappa shape index (κ2) is 5.89. The predicted octanol–water partition coefficient (Wildman–Crippen LogP) is 2.90. The lowest BCUT2D eigenvalue weighted by Crippen LogP contribution is -2.40. The largest absolute Gasteiger partial charge is 0.468 e. The summed E-state index contributed by atoms with van der Waals surface area (Å²) in [4.78, 5) is 2.27.